The number of nitrogens with one attached hydrogen (secondary N) is 1. The zero-order valence-corrected chi connectivity index (χ0v) is 11.1. The fourth-order valence-corrected chi connectivity index (χ4v) is 1.60. The molecular weight excluding hydrogens is 250 g/mol. The van der Waals surface area contributed by atoms with Gasteiger partial charge < -0.3 is 15.0 Å². The van der Waals surface area contributed by atoms with Crippen molar-refractivity contribution in [2.75, 3.05) is 13.1 Å². The lowest BCUT2D eigenvalue weighted by molar-refractivity contribution is -0.385. The topological polar surface area (TPSA) is 97.4 Å². The van der Waals surface area contributed by atoms with Crippen LogP contribution >= 0.6 is 0 Å². The molecule has 7 heteroatoms. The molecule has 0 fully saturated rings. The van der Waals surface area contributed by atoms with Crippen molar-refractivity contribution in [3.05, 3.63) is 38.8 Å². The minimum absolute atomic E-state index is 0.0333. The van der Waals surface area contributed by atoms with Crippen molar-refractivity contribution in [3.8, 4) is 0 Å². The Hall–Kier alpha value is -1.73. The number of nitro groups is 1. The molecule has 0 aliphatic rings. The smallest absolute Gasteiger partial charge is 0.285 e. The Bertz CT molecular complexity index is 484. The zero-order valence-electron chi connectivity index (χ0n) is 11.1. The molecule has 0 spiro atoms. The van der Waals surface area contributed by atoms with E-state index in [0.29, 0.717) is 12.5 Å². The second kappa shape index (κ2) is 7.01. The van der Waals surface area contributed by atoms with E-state index in [9.17, 15) is 20.0 Å². The molecule has 0 aliphatic carbocycles. The van der Waals surface area contributed by atoms with E-state index in [4.69, 9.17) is 0 Å². The Morgan fingerprint density at radius 1 is 1.42 bits per heavy atom. The second-order valence-corrected chi connectivity index (χ2v) is 4.84. The van der Waals surface area contributed by atoms with E-state index < -0.39 is 11.0 Å². The molecule has 1 unspecified atom stereocenters. The Kier molecular flexibility index (Phi) is 5.65. The van der Waals surface area contributed by atoms with Crippen LogP contribution in [0.5, 0.6) is 0 Å². The van der Waals surface area contributed by atoms with Crippen molar-refractivity contribution >= 4 is 5.69 Å². The van der Waals surface area contributed by atoms with E-state index in [1.165, 1.54) is 0 Å². The maximum Gasteiger partial charge on any atom is 0.285 e. The van der Waals surface area contributed by atoms with Crippen LogP contribution in [-0.4, -0.2) is 33.8 Å². The summed E-state index contributed by atoms with van der Waals surface area (Å²) in [6.45, 7) is 5.23. The van der Waals surface area contributed by atoms with Crippen molar-refractivity contribution in [1.82, 2.24) is 9.88 Å². The number of hydrogen-bond acceptors (Lipinski definition) is 5. The van der Waals surface area contributed by atoms with Crippen LogP contribution in [0.4, 0.5) is 5.69 Å². The predicted molar refractivity (Wildman–Crippen MR) is 71.1 cm³/mol. The van der Waals surface area contributed by atoms with E-state index in [2.05, 4.69) is 5.32 Å². The maximum atomic E-state index is 11.5. The molecule has 0 bridgehead atoms. The molecule has 0 saturated carbocycles. The third-order valence-electron chi connectivity index (χ3n) is 2.52. The zero-order chi connectivity index (χ0) is 14.4. The van der Waals surface area contributed by atoms with Crippen LogP contribution in [0, 0.1) is 16.0 Å². The molecule has 1 rings (SSSR count). The van der Waals surface area contributed by atoms with Crippen molar-refractivity contribution in [1.29, 1.82) is 0 Å². The van der Waals surface area contributed by atoms with Gasteiger partial charge in [0.25, 0.3) is 11.2 Å². The average Bonchev–Trinajstić information content (AvgIpc) is 2.31. The molecule has 0 saturated heterocycles. The lowest BCUT2D eigenvalue weighted by Crippen LogP contribution is -2.35. The van der Waals surface area contributed by atoms with Gasteiger partial charge in [0.15, 0.2) is 0 Å². The van der Waals surface area contributed by atoms with E-state index >= 15 is 0 Å². The molecule has 1 heterocycles. The molecule has 0 aliphatic heterocycles. The summed E-state index contributed by atoms with van der Waals surface area (Å²) in [4.78, 5) is 21.6. The lowest BCUT2D eigenvalue weighted by atomic mass is 10.2. The predicted octanol–water partition coefficient (Wildman–Crippen LogP) is 0.363. The first-order valence-electron chi connectivity index (χ1n) is 6.14. The molecule has 19 heavy (non-hydrogen) atoms. The molecule has 0 radical (unpaired) electrons. The van der Waals surface area contributed by atoms with Crippen molar-refractivity contribution in [2.24, 2.45) is 5.92 Å². The Balaban J connectivity index is 2.63. The van der Waals surface area contributed by atoms with Crippen molar-refractivity contribution in [3.63, 3.8) is 0 Å². The highest BCUT2D eigenvalue weighted by atomic mass is 16.6. The molecular formula is C12H19N3O4. The first kappa shape index (κ1) is 15.3. The van der Waals surface area contributed by atoms with Gasteiger partial charge in [-0.3, -0.25) is 14.9 Å². The highest BCUT2D eigenvalue weighted by Crippen LogP contribution is 2.06. The lowest BCUT2D eigenvalue weighted by Gasteiger charge is -2.14. The molecule has 106 valence electrons. The quantitative estimate of drug-likeness (QED) is 0.550. The highest BCUT2D eigenvalue weighted by molar-refractivity contribution is 5.24. The van der Waals surface area contributed by atoms with Gasteiger partial charge in [0.05, 0.1) is 23.8 Å². The highest BCUT2D eigenvalue weighted by Gasteiger charge is 2.11. The van der Waals surface area contributed by atoms with Crippen LogP contribution in [0.15, 0.2) is 23.1 Å². The third kappa shape index (κ3) is 5.19. The van der Waals surface area contributed by atoms with Gasteiger partial charge in [-0.05, 0) is 12.5 Å². The molecule has 0 aromatic carbocycles. The van der Waals surface area contributed by atoms with Crippen LogP contribution in [-0.2, 0) is 6.54 Å². The first-order valence-corrected chi connectivity index (χ1v) is 6.14. The molecule has 7 nitrogen and oxygen atoms in total. The standard InChI is InChI=1S/C12H19N3O4/c1-9(2)5-13-6-11(16)8-14-7-10(15(18)19)3-4-12(14)17/h3-4,7,9,11,13,16H,5-6,8H2,1-2H3. The molecule has 1 aromatic heterocycles. The summed E-state index contributed by atoms with van der Waals surface area (Å²) >= 11 is 0. The van der Waals surface area contributed by atoms with Gasteiger partial charge in [0.2, 0.25) is 0 Å². The largest absolute Gasteiger partial charge is 0.390 e. The molecule has 2 N–H and O–H groups in total. The SMILES string of the molecule is CC(C)CNCC(O)Cn1cc([N+](=O)[O-])ccc1=O. The number of aliphatic hydroxyl groups is 1. The Labute approximate surface area is 111 Å². The van der Waals surface area contributed by atoms with Crippen LogP contribution in [0.25, 0.3) is 0 Å². The number of aromatic nitrogens is 1. The van der Waals surface area contributed by atoms with E-state index in [1.807, 2.05) is 13.8 Å². The number of nitrogens with zero attached hydrogens (tertiary/aromatic N) is 2. The summed E-state index contributed by atoms with van der Waals surface area (Å²) in [6, 6.07) is 2.29. The minimum atomic E-state index is -0.765. The minimum Gasteiger partial charge on any atom is -0.390 e. The summed E-state index contributed by atoms with van der Waals surface area (Å²) in [7, 11) is 0. The number of rotatable bonds is 7. The van der Waals surface area contributed by atoms with Gasteiger partial charge in [-0.2, -0.15) is 0 Å². The molecule has 0 amide bonds. The summed E-state index contributed by atoms with van der Waals surface area (Å²) < 4.78 is 1.15. The number of aliphatic hydroxyl groups excluding tert-OH is 1. The van der Waals surface area contributed by atoms with Crippen LogP contribution in [0.1, 0.15) is 13.8 Å². The monoisotopic (exact) mass is 269 g/mol. The van der Waals surface area contributed by atoms with Crippen LogP contribution in [0.2, 0.25) is 0 Å². The number of pyridine rings is 1. The summed E-state index contributed by atoms with van der Waals surface area (Å²) in [6.07, 6.45) is 0.382. The summed E-state index contributed by atoms with van der Waals surface area (Å²) in [5, 5.41) is 23.5. The number of hydrogen-bond donors (Lipinski definition) is 2. The summed E-state index contributed by atoms with van der Waals surface area (Å²) in [5.74, 6) is 0.465. The average molecular weight is 269 g/mol. The van der Waals surface area contributed by atoms with Gasteiger partial charge in [-0.25, -0.2) is 0 Å². The van der Waals surface area contributed by atoms with E-state index in [0.717, 1.165) is 29.4 Å². The Morgan fingerprint density at radius 2 is 2.11 bits per heavy atom. The van der Waals surface area contributed by atoms with E-state index in [1.54, 1.807) is 0 Å². The van der Waals surface area contributed by atoms with Gasteiger partial charge in [0.1, 0.15) is 0 Å². The van der Waals surface area contributed by atoms with Gasteiger partial charge in [-0.1, -0.05) is 13.8 Å². The molecule has 1 aromatic rings. The van der Waals surface area contributed by atoms with Crippen molar-refractivity contribution < 1.29 is 10.0 Å². The second-order valence-electron chi connectivity index (χ2n) is 4.84. The fourth-order valence-electron chi connectivity index (χ4n) is 1.60. The first-order chi connectivity index (χ1) is 8.90. The van der Waals surface area contributed by atoms with Gasteiger partial charge in [-0.15, -0.1) is 0 Å². The van der Waals surface area contributed by atoms with Gasteiger partial charge in [0, 0.05) is 18.7 Å². The maximum absolute atomic E-state index is 11.5. The van der Waals surface area contributed by atoms with Crippen LogP contribution in [0.3, 0.4) is 0 Å². The van der Waals surface area contributed by atoms with E-state index in [-0.39, 0.29) is 17.8 Å². The molecule has 1 atom stereocenters. The fraction of sp³-hybridized carbons (Fsp3) is 0.583. The Morgan fingerprint density at radius 3 is 2.68 bits per heavy atom. The van der Waals surface area contributed by atoms with Crippen LogP contribution < -0.4 is 10.9 Å². The normalized spacial score (nSPS) is 12.6. The third-order valence-corrected chi connectivity index (χ3v) is 2.52. The van der Waals surface area contributed by atoms with Gasteiger partial charge >= 0.3 is 0 Å². The summed E-state index contributed by atoms with van der Waals surface area (Å²) in [5.41, 5.74) is -0.532. The van der Waals surface area contributed by atoms with Crippen molar-refractivity contribution in [2.45, 2.75) is 26.5 Å².